The second kappa shape index (κ2) is 8.38. The van der Waals surface area contributed by atoms with Crippen molar-refractivity contribution in [2.24, 2.45) is 5.41 Å². The van der Waals surface area contributed by atoms with Gasteiger partial charge >= 0.3 is 0 Å². The Labute approximate surface area is 160 Å². The third-order valence-corrected chi connectivity index (χ3v) is 4.83. The number of piperidine rings is 1. The monoisotopic (exact) mass is 372 g/mol. The van der Waals surface area contributed by atoms with E-state index in [2.05, 4.69) is 37.1 Å². The molecule has 1 fully saturated rings. The Kier molecular flexibility index (Phi) is 6.42. The smallest absolute Gasteiger partial charge is 0.252 e. The number of carbonyl (C=O) groups excluding carboxylic acids is 2. The number of hydrogen-bond donors (Lipinski definition) is 1. The fourth-order valence-electron chi connectivity index (χ4n) is 2.99. The zero-order chi connectivity index (χ0) is 20.1. The molecule has 0 radical (unpaired) electrons. The van der Waals surface area contributed by atoms with Gasteiger partial charge in [0.25, 0.3) is 5.91 Å². The Morgan fingerprint density at radius 1 is 1.37 bits per heavy atom. The number of hydrogen-bond acceptors (Lipinski definition) is 5. The molecule has 2 rings (SSSR count). The Morgan fingerprint density at radius 2 is 2.04 bits per heavy atom. The summed E-state index contributed by atoms with van der Waals surface area (Å²) < 4.78 is 5.03. The van der Waals surface area contributed by atoms with E-state index in [1.165, 1.54) is 19.4 Å². The Hall–Kier alpha value is -2.62. The molecule has 1 N–H and O–H groups in total. The normalized spacial score (nSPS) is 16.3. The van der Waals surface area contributed by atoms with Crippen molar-refractivity contribution < 1.29 is 14.3 Å². The van der Waals surface area contributed by atoms with Crippen LogP contribution in [0.3, 0.4) is 0 Å². The molecule has 2 heterocycles. The third-order valence-electron chi connectivity index (χ3n) is 4.83. The van der Waals surface area contributed by atoms with Crippen LogP contribution in [0.2, 0.25) is 0 Å². The largest absolute Gasteiger partial charge is 0.481 e. The maximum absolute atomic E-state index is 12.5. The number of nitriles is 1. The van der Waals surface area contributed by atoms with E-state index in [1.54, 1.807) is 11.0 Å². The van der Waals surface area contributed by atoms with E-state index >= 15 is 0 Å². The maximum Gasteiger partial charge on any atom is 0.252 e. The molecule has 0 spiro atoms. The lowest BCUT2D eigenvalue weighted by atomic mass is 9.87. The molecular weight excluding hydrogens is 344 g/mol. The topological polar surface area (TPSA) is 95.3 Å². The highest BCUT2D eigenvalue weighted by Crippen LogP contribution is 2.25. The van der Waals surface area contributed by atoms with Gasteiger partial charge in [0.2, 0.25) is 11.8 Å². The minimum Gasteiger partial charge on any atom is -0.481 e. The van der Waals surface area contributed by atoms with Crippen molar-refractivity contribution in [2.75, 3.05) is 20.2 Å². The first-order valence-electron chi connectivity index (χ1n) is 9.20. The average molecular weight is 372 g/mol. The van der Waals surface area contributed by atoms with Gasteiger partial charge in [-0.3, -0.25) is 9.59 Å². The molecule has 1 aliphatic rings. The van der Waals surface area contributed by atoms with Gasteiger partial charge in [0.05, 0.1) is 13.2 Å². The van der Waals surface area contributed by atoms with Crippen LogP contribution in [0.4, 0.5) is 0 Å². The second-order valence-corrected chi connectivity index (χ2v) is 8.18. The van der Waals surface area contributed by atoms with Crippen molar-refractivity contribution in [3.05, 3.63) is 23.9 Å². The van der Waals surface area contributed by atoms with Crippen LogP contribution in [-0.4, -0.2) is 47.4 Å². The highest BCUT2D eigenvalue weighted by molar-refractivity contribution is 5.95. The van der Waals surface area contributed by atoms with E-state index in [-0.39, 0.29) is 17.2 Å². The van der Waals surface area contributed by atoms with Gasteiger partial charge in [-0.2, -0.15) is 5.26 Å². The molecule has 0 aromatic carbocycles. The van der Waals surface area contributed by atoms with Gasteiger partial charge in [0.15, 0.2) is 0 Å². The SMILES string of the molecule is COc1cc(C(=O)NC2(C#N)CCN(C(=O)CCC(C)(C)C)CC2)ccn1. The molecule has 0 bridgehead atoms. The number of likely N-dealkylation sites (tertiary alicyclic amines) is 1. The van der Waals surface area contributed by atoms with Gasteiger partial charge in [-0.05, 0) is 17.9 Å². The molecule has 1 aromatic rings. The summed E-state index contributed by atoms with van der Waals surface area (Å²) in [6, 6.07) is 5.36. The van der Waals surface area contributed by atoms with Crippen LogP contribution in [0.1, 0.15) is 56.8 Å². The molecule has 146 valence electrons. The lowest BCUT2D eigenvalue weighted by Crippen LogP contribution is -2.55. The molecule has 2 amide bonds. The van der Waals surface area contributed by atoms with Crippen molar-refractivity contribution in [1.82, 2.24) is 15.2 Å². The minimum absolute atomic E-state index is 0.113. The molecule has 1 aromatic heterocycles. The summed E-state index contributed by atoms with van der Waals surface area (Å²) in [4.78, 5) is 30.7. The highest BCUT2D eigenvalue weighted by Gasteiger charge is 2.37. The summed E-state index contributed by atoms with van der Waals surface area (Å²) >= 11 is 0. The van der Waals surface area contributed by atoms with Crippen LogP contribution in [-0.2, 0) is 4.79 Å². The molecule has 0 saturated carbocycles. The number of nitrogens with one attached hydrogen (secondary N) is 1. The maximum atomic E-state index is 12.5. The van der Waals surface area contributed by atoms with Crippen molar-refractivity contribution in [3.8, 4) is 11.9 Å². The number of aromatic nitrogens is 1. The van der Waals surface area contributed by atoms with E-state index in [0.29, 0.717) is 43.8 Å². The number of pyridine rings is 1. The summed E-state index contributed by atoms with van der Waals surface area (Å²) in [6.45, 7) is 7.27. The minimum atomic E-state index is -0.964. The summed E-state index contributed by atoms with van der Waals surface area (Å²) in [6.07, 6.45) is 3.65. The summed E-state index contributed by atoms with van der Waals surface area (Å²) in [5.41, 5.74) is -0.462. The zero-order valence-corrected chi connectivity index (χ0v) is 16.5. The standard InChI is InChI=1S/C20H28N4O3/c1-19(2,3)7-5-17(25)24-11-8-20(14-21,9-12-24)23-18(26)15-6-10-22-16(13-15)27-4/h6,10,13H,5,7-9,11-12H2,1-4H3,(H,23,26). The predicted molar refractivity (Wildman–Crippen MR) is 101 cm³/mol. The van der Waals surface area contributed by atoms with E-state index < -0.39 is 5.54 Å². The van der Waals surface area contributed by atoms with Crippen molar-refractivity contribution >= 4 is 11.8 Å². The van der Waals surface area contributed by atoms with Crippen molar-refractivity contribution in [1.29, 1.82) is 5.26 Å². The number of carbonyl (C=O) groups is 2. The average Bonchev–Trinajstić information content (AvgIpc) is 2.66. The molecule has 0 unspecified atom stereocenters. The fraction of sp³-hybridized carbons (Fsp3) is 0.600. The van der Waals surface area contributed by atoms with E-state index in [1.807, 2.05) is 0 Å². The van der Waals surface area contributed by atoms with Crippen LogP contribution < -0.4 is 10.1 Å². The van der Waals surface area contributed by atoms with Crippen LogP contribution in [0, 0.1) is 16.7 Å². The predicted octanol–water partition coefficient (Wildman–Crippen LogP) is 2.53. The first-order valence-corrected chi connectivity index (χ1v) is 9.20. The number of rotatable bonds is 5. The Morgan fingerprint density at radius 3 is 2.59 bits per heavy atom. The first-order chi connectivity index (χ1) is 12.7. The molecule has 7 heteroatoms. The van der Waals surface area contributed by atoms with Crippen molar-refractivity contribution in [3.63, 3.8) is 0 Å². The molecular formula is C20H28N4O3. The van der Waals surface area contributed by atoms with E-state index in [0.717, 1.165) is 6.42 Å². The zero-order valence-electron chi connectivity index (χ0n) is 16.5. The van der Waals surface area contributed by atoms with Crippen LogP contribution in [0.5, 0.6) is 5.88 Å². The van der Waals surface area contributed by atoms with Gasteiger partial charge in [-0.1, -0.05) is 20.8 Å². The van der Waals surface area contributed by atoms with Gasteiger partial charge in [-0.15, -0.1) is 0 Å². The number of nitrogens with zero attached hydrogens (tertiary/aromatic N) is 3. The van der Waals surface area contributed by atoms with Gasteiger partial charge in [-0.25, -0.2) is 4.98 Å². The van der Waals surface area contributed by atoms with Crippen LogP contribution >= 0.6 is 0 Å². The quantitative estimate of drug-likeness (QED) is 0.857. The highest BCUT2D eigenvalue weighted by atomic mass is 16.5. The number of methoxy groups -OCH3 is 1. The molecule has 1 aliphatic heterocycles. The molecule has 0 aliphatic carbocycles. The third kappa shape index (κ3) is 5.68. The van der Waals surface area contributed by atoms with Gasteiger partial charge in [0.1, 0.15) is 5.54 Å². The second-order valence-electron chi connectivity index (χ2n) is 8.18. The number of ether oxygens (including phenoxy) is 1. The number of amides is 2. The first kappa shape index (κ1) is 20.7. The Bertz CT molecular complexity index is 725. The van der Waals surface area contributed by atoms with Gasteiger partial charge in [0, 0.05) is 50.2 Å². The summed E-state index contributed by atoms with van der Waals surface area (Å²) in [5, 5.41) is 12.5. The molecule has 27 heavy (non-hydrogen) atoms. The lowest BCUT2D eigenvalue weighted by molar-refractivity contribution is -0.133. The van der Waals surface area contributed by atoms with E-state index in [9.17, 15) is 14.9 Å². The van der Waals surface area contributed by atoms with Crippen molar-refractivity contribution in [2.45, 2.75) is 52.0 Å². The fourth-order valence-corrected chi connectivity index (χ4v) is 2.99. The lowest BCUT2D eigenvalue weighted by Gasteiger charge is -2.38. The van der Waals surface area contributed by atoms with Gasteiger partial charge < -0.3 is 15.0 Å². The summed E-state index contributed by atoms with van der Waals surface area (Å²) in [7, 11) is 1.48. The molecule has 7 nitrogen and oxygen atoms in total. The molecule has 0 atom stereocenters. The van der Waals surface area contributed by atoms with Crippen LogP contribution in [0.25, 0.3) is 0 Å². The summed E-state index contributed by atoms with van der Waals surface area (Å²) in [5.74, 6) is 0.111. The molecule has 1 saturated heterocycles. The van der Waals surface area contributed by atoms with Crippen LogP contribution in [0.15, 0.2) is 18.3 Å². The Balaban J connectivity index is 1.96. The van der Waals surface area contributed by atoms with E-state index in [4.69, 9.17) is 4.74 Å².